The van der Waals surface area contributed by atoms with Gasteiger partial charge in [0.25, 0.3) is 5.91 Å². The minimum absolute atomic E-state index is 0.0485. The third kappa shape index (κ3) is 4.45. The Kier molecular flexibility index (Phi) is 6.71. The summed E-state index contributed by atoms with van der Waals surface area (Å²) >= 11 is 1.43. The zero-order valence-corrected chi connectivity index (χ0v) is 25.1. The molecular weight excluding hydrogens is 596 g/mol. The number of carbonyl (C=O) groups is 1. The second kappa shape index (κ2) is 10.8. The number of benzene rings is 3. The first-order valence-corrected chi connectivity index (χ1v) is 16.0. The number of hydrogen-bond acceptors (Lipinski definition) is 6. The van der Waals surface area contributed by atoms with E-state index >= 15 is 8.78 Å². The lowest BCUT2D eigenvalue weighted by Crippen LogP contribution is -2.64. The van der Waals surface area contributed by atoms with E-state index in [2.05, 4.69) is 0 Å². The summed E-state index contributed by atoms with van der Waals surface area (Å²) in [5.41, 5.74) is 1.50. The summed E-state index contributed by atoms with van der Waals surface area (Å²) in [4.78, 5) is 30.7. The third-order valence-electron chi connectivity index (χ3n) is 9.27. The minimum atomic E-state index is -0.973. The van der Waals surface area contributed by atoms with Gasteiger partial charge in [0.1, 0.15) is 31.7 Å². The average molecular weight is 626 g/mol. The smallest absolute Gasteiger partial charge is 0.278 e. The molecule has 1 aliphatic carbocycles. The highest BCUT2D eigenvalue weighted by Gasteiger charge is 2.49. The van der Waals surface area contributed by atoms with Crippen LogP contribution >= 0.6 is 11.8 Å². The van der Waals surface area contributed by atoms with Gasteiger partial charge in [-0.25, -0.2) is 8.78 Å². The van der Waals surface area contributed by atoms with Crippen LogP contribution in [-0.4, -0.2) is 34.3 Å². The van der Waals surface area contributed by atoms with Gasteiger partial charge in [0.15, 0.2) is 23.1 Å². The van der Waals surface area contributed by atoms with E-state index in [1.54, 1.807) is 10.9 Å². The van der Waals surface area contributed by atoms with Crippen LogP contribution in [0.15, 0.2) is 94.8 Å². The predicted molar refractivity (Wildman–Crippen MR) is 166 cm³/mol. The van der Waals surface area contributed by atoms with Crippen molar-refractivity contribution in [3.05, 3.63) is 135 Å². The number of ether oxygens (including phenoxy) is 2. The summed E-state index contributed by atoms with van der Waals surface area (Å²) in [7, 11) is 0. The van der Waals surface area contributed by atoms with Gasteiger partial charge < -0.3 is 14.4 Å². The van der Waals surface area contributed by atoms with Crippen molar-refractivity contribution in [3.8, 4) is 11.5 Å². The molecule has 1 amide bonds. The fourth-order valence-corrected chi connectivity index (χ4v) is 8.00. The van der Waals surface area contributed by atoms with E-state index in [0.29, 0.717) is 5.56 Å². The third-order valence-corrected chi connectivity index (χ3v) is 10.4. The molecule has 4 aromatic rings. The molecule has 7 nitrogen and oxygen atoms in total. The first-order chi connectivity index (χ1) is 21.9. The molecule has 1 saturated carbocycles. The Morgan fingerprint density at radius 2 is 1.82 bits per heavy atom. The van der Waals surface area contributed by atoms with Crippen molar-refractivity contribution in [1.82, 2.24) is 9.58 Å². The molecule has 0 saturated heterocycles. The molecule has 1 aromatic heterocycles. The first kappa shape index (κ1) is 27.9. The van der Waals surface area contributed by atoms with Crippen LogP contribution in [0.5, 0.6) is 11.5 Å². The van der Waals surface area contributed by atoms with Crippen LogP contribution in [0, 0.1) is 11.6 Å². The van der Waals surface area contributed by atoms with E-state index in [1.165, 1.54) is 17.8 Å². The van der Waals surface area contributed by atoms with Crippen LogP contribution < -0.4 is 19.9 Å². The first-order valence-electron chi connectivity index (χ1n) is 15.0. The van der Waals surface area contributed by atoms with Gasteiger partial charge in [0.05, 0.1) is 5.54 Å². The van der Waals surface area contributed by atoms with Gasteiger partial charge in [0, 0.05) is 40.1 Å². The van der Waals surface area contributed by atoms with Gasteiger partial charge >= 0.3 is 0 Å². The summed E-state index contributed by atoms with van der Waals surface area (Å²) in [6, 6.07) is 19.0. The van der Waals surface area contributed by atoms with E-state index in [1.807, 2.05) is 76.7 Å². The summed E-state index contributed by atoms with van der Waals surface area (Å²) in [5.74, 6) is -1.82. The zero-order valence-electron chi connectivity index (χ0n) is 24.2. The Morgan fingerprint density at radius 3 is 2.62 bits per heavy atom. The molecule has 45 heavy (non-hydrogen) atoms. The lowest BCUT2D eigenvalue weighted by molar-refractivity contribution is 0.0252. The van der Waals surface area contributed by atoms with E-state index < -0.39 is 28.6 Å². The van der Waals surface area contributed by atoms with Gasteiger partial charge in [-0.05, 0) is 42.5 Å². The van der Waals surface area contributed by atoms with Gasteiger partial charge in [-0.3, -0.25) is 19.3 Å². The second-order valence-corrected chi connectivity index (χ2v) is 12.8. The predicted octanol–water partition coefficient (Wildman–Crippen LogP) is 6.32. The molecular formula is C35H29F2N3O4S. The molecule has 0 N–H and O–H groups in total. The molecule has 10 heteroatoms. The highest BCUT2D eigenvalue weighted by atomic mass is 32.2. The van der Waals surface area contributed by atoms with Crippen molar-refractivity contribution in [2.75, 3.05) is 18.3 Å². The van der Waals surface area contributed by atoms with Crippen LogP contribution in [0.25, 0.3) is 0 Å². The minimum Gasteiger partial charge on any atom is -0.489 e. The fourth-order valence-electron chi connectivity index (χ4n) is 6.89. The maximum atomic E-state index is 15.7. The SMILES string of the molecule is O=C1c2c(OCc3ccccc3)c(=O)ccn2N2CN1C1(/C=C/COc3cc(F)c(F)c4c3[C@H]2c2ccccc2SC4)CCC1. The number of pyridine rings is 1. The number of amides is 1. The highest BCUT2D eigenvalue weighted by Crippen LogP contribution is 2.49. The van der Waals surface area contributed by atoms with E-state index in [0.717, 1.165) is 41.4 Å². The number of rotatable bonds is 3. The number of aromatic nitrogens is 1. The molecule has 228 valence electrons. The Hall–Kier alpha value is -4.57. The molecule has 1 spiro atoms. The van der Waals surface area contributed by atoms with Crippen molar-refractivity contribution in [3.63, 3.8) is 0 Å². The summed E-state index contributed by atoms with van der Waals surface area (Å²) in [5, 5.41) is 1.96. The molecule has 3 aliphatic heterocycles. The molecule has 1 fully saturated rings. The van der Waals surface area contributed by atoms with Crippen LogP contribution in [0.2, 0.25) is 0 Å². The monoisotopic (exact) mass is 625 g/mol. The van der Waals surface area contributed by atoms with Crippen LogP contribution in [0.3, 0.4) is 0 Å². The molecule has 3 aromatic carbocycles. The van der Waals surface area contributed by atoms with E-state index in [-0.39, 0.29) is 54.3 Å². The Morgan fingerprint density at radius 1 is 1.02 bits per heavy atom. The molecule has 0 unspecified atom stereocenters. The molecule has 8 rings (SSSR count). The summed E-state index contributed by atoms with van der Waals surface area (Å²) < 4.78 is 44.9. The van der Waals surface area contributed by atoms with E-state index in [9.17, 15) is 9.59 Å². The number of hydrogen-bond donors (Lipinski definition) is 0. The van der Waals surface area contributed by atoms with Crippen molar-refractivity contribution < 1.29 is 23.0 Å². The van der Waals surface area contributed by atoms with Crippen LogP contribution in [-0.2, 0) is 12.4 Å². The number of halogens is 2. The van der Waals surface area contributed by atoms with Gasteiger partial charge in [-0.15, -0.1) is 11.8 Å². The van der Waals surface area contributed by atoms with Gasteiger partial charge in [0.2, 0.25) is 5.43 Å². The Labute approximate surface area is 262 Å². The average Bonchev–Trinajstić information content (AvgIpc) is 3.21. The summed E-state index contributed by atoms with van der Waals surface area (Å²) in [6.07, 6.45) is 7.81. The molecule has 1 atom stereocenters. The maximum absolute atomic E-state index is 15.7. The largest absolute Gasteiger partial charge is 0.489 e. The van der Waals surface area contributed by atoms with Crippen molar-refractivity contribution in [1.29, 1.82) is 0 Å². The Bertz CT molecular complexity index is 1920. The lowest BCUT2D eigenvalue weighted by atomic mass is 9.74. The van der Waals surface area contributed by atoms with Crippen molar-refractivity contribution in [2.45, 2.75) is 48.1 Å². The number of thioether (sulfide) groups is 1. The normalized spacial score (nSPS) is 20.0. The van der Waals surface area contributed by atoms with E-state index in [4.69, 9.17) is 9.47 Å². The van der Waals surface area contributed by atoms with Crippen molar-refractivity contribution >= 4 is 17.7 Å². The number of nitrogens with zero attached hydrogens (tertiary/aromatic N) is 3. The van der Waals surface area contributed by atoms with Gasteiger partial charge in [-0.2, -0.15) is 0 Å². The quantitative estimate of drug-likeness (QED) is 0.248. The van der Waals surface area contributed by atoms with Crippen LogP contribution in [0.4, 0.5) is 8.78 Å². The molecule has 4 aliphatic rings. The maximum Gasteiger partial charge on any atom is 0.278 e. The molecule has 2 bridgehead atoms. The van der Waals surface area contributed by atoms with Gasteiger partial charge in [-0.1, -0.05) is 54.6 Å². The fraction of sp³-hybridized carbons (Fsp3) is 0.257. The topological polar surface area (TPSA) is 64.0 Å². The van der Waals surface area contributed by atoms with Crippen LogP contribution in [0.1, 0.15) is 58.0 Å². The number of carbonyl (C=O) groups excluding carboxylic acids is 1. The standard InChI is InChI=1S/C35H29F2N3O4S/c36-25-18-27-29-24(30(25)37)20-45-28-11-5-4-10-23(28)31(29)40-21-38(35(13-6-14-35)15-7-17-43-27)34(42)32-33(26(41)12-16-39(32)40)44-19-22-8-2-1-3-9-22/h1-5,7-12,15-16,18,31H,6,13-14,17,19-21H2/b15-7+/t31-/m1/s1. The molecule has 0 radical (unpaired) electrons. The van der Waals surface area contributed by atoms with Crippen molar-refractivity contribution in [2.24, 2.45) is 0 Å². The lowest BCUT2D eigenvalue weighted by Gasteiger charge is -2.54. The Balaban J connectivity index is 1.40. The molecule has 4 heterocycles. The zero-order chi connectivity index (χ0) is 30.7. The highest BCUT2D eigenvalue weighted by molar-refractivity contribution is 7.98. The summed E-state index contributed by atoms with van der Waals surface area (Å²) in [6.45, 7) is 0.359. The number of fused-ring (bicyclic) bond motifs is 8. The second-order valence-electron chi connectivity index (χ2n) is 11.8.